The van der Waals surface area contributed by atoms with Crippen LogP contribution in [0.4, 0.5) is 0 Å². The fourth-order valence-corrected chi connectivity index (χ4v) is 3.48. The zero-order valence-electron chi connectivity index (χ0n) is 10.4. The Bertz CT molecular complexity index is 483. The summed E-state index contributed by atoms with van der Waals surface area (Å²) < 4.78 is 2.81. The summed E-state index contributed by atoms with van der Waals surface area (Å²) in [6, 6.07) is 0. The third-order valence-corrected chi connectivity index (χ3v) is 4.65. The van der Waals surface area contributed by atoms with Gasteiger partial charge in [-0.05, 0) is 26.2 Å². The second-order valence-corrected chi connectivity index (χ2v) is 6.05. The van der Waals surface area contributed by atoms with E-state index in [4.69, 9.17) is 12.2 Å². The molecule has 1 aromatic heterocycles. The quantitative estimate of drug-likeness (QED) is 0.604. The van der Waals surface area contributed by atoms with Crippen molar-refractivity contribution >= 4 is 29.3 Å². The summed E-state index contributed by atoms with van der Waals surface area (Å²) >= 11 is 6.78. The zero-order valence-corrected chi connectivity index (χ0v) is 12.0. The van der Waals surface area contributed by atoms with E-state index < -0.39 is 0 Å². The molecule has 2 rings (SSSR count). The summed E-state index contributed by atoms with van der Waals surface area (Å²) in [5.74, 6) is 0.103. The van der Waals surface area contributed by atoms with Crippen molar-refractivity contribution in [2.45, 2.75) is 13.8 Å². The van der Waals surface area contributed by atoms with Crippen molar-refractivity contribution in [2.24, 2.45) is 0 Å². The number of Topliss-reactive ketones (excluding diaryl/α,β-unsaturated/α-hetero) is 1. The normalized spacial score (nSPS) is 17.5. The van der Waals surface area contributed by atoms with Crippen molar-refractivity contribution in [1.29, 1.82) is 0 Å². The molecule has 0 amide bonds. The monoisotopic (exact) mass is 271 g/mol. The minimum absolute atomic E-state index is 0.103. The largest absolute Gasteiger partial charge is 0.308 e. The Morgan fingerprint density at radius 2 is 1.88 bits per heavy atom. The summed E-state index contributed by atoms with van der Waals surface area (Å²) in [7, 11) is 2.12. The lowest BCUT2D eigenvalue weighted by Crippen LogP contribution is -2.50. The first-order valence-electron chi connectivity index (χ1n) is 5.68. The van der Waals surface area contributed by atoms with Gasteiger partial charge in [0, 0.05) is 33.1 Å². The first-order valence-corrected chi connectivity index (χ1v) is 6.90. The number of ketones is 1. The molecule has 0 N–H and O–H groups in total. The molecule has 0 aromatic carbocycles. The number of hydrogen-bond donors (Lipinski definition) is 0. The van der Waals surface area contributed by atoms with Crippen LogP contribution in [-0.4, -0.2) is 48.6 Å². The van der Waals surface area contributed by atoms with Crippen LogP contribution < -0.4 is 5.01 Å². The second-order valence-electron chi connectivity index (χ2n) is 4.41. The summed E-state index contributed by atoms with van der Waals surface area (Å²) in [5, 5.41) is 2.24. The van der Waals surface area contributed by atoms with Gasteiger partial charge in [0.25, 0.3) is 0 Å². The van der Waals surface area contributed by atoms with Gasteiger partial charge in [-0.1, -0.05) is 11.3 Å². The third-order valence-electron chi connectivity index (χ3n) is 3.09. The van der Waals surface area contributed by atoms with E-state index in [1.54, 1.807) is 6.92 Å². The van der Waals surface area contributed by atoms with Gasteiger partial charge < -0.3 is 9.91 Å². The molecule has 6 heteroatoms. The lowest BCUT2D eigenvalue weighted by Gasteiger charge is -2.35. The molecule has 0 unspecified atom stereocenters. The van der Waals surface area contributed by atoms with E-state index in [0.717, 1.165) is 40.7 Å². The number of rotatable bonds is 2. The van der Waals surface area contributed by atoms with Gasteiger partial charge in [0.1, 0.15) is 0 Å². The van der Waals surface area contributed by atoms with Crippen LogP contribution in [0.1, 0.15) is 22.3 Å². The zero-order chi connectivity index (χ0) is 12.6. The van der Waals surface area contributed by atoms with Crippen molar-refractivity contribution in [1.82, 2.24) is 9.58 Å². The van der Waals surface area contributed by atoms with Crippen LogP contribution >= 0.6 is 23.6 Å². The van der Waals surface area contributed by atoms with Gasteiger partial charge in [0.2, 0.25) is 0 Å². The van der Waals surface area contributed by atoms with Crippen LogP contribution in [0, 0.1) is 10.9 Å². The van der Waals surface area contributed by atoms with Gasteiger partial charge >= 0.3 is 0 Å². The fourth-order valence-electron chi connectivity index (χ4n) is 2.09. The molecular weight excluding hydrogens is 254 g/mol. The van der Waals surface area contributed by atoms with Gasteiger partial charge in [-0.2, -0.15) is 0 Å². The van der Waals surface area contributed by atoms with Crippen LogP contribution in [0.2, 0.25) is 0 Å². The van der Waals surface area contributed by atoms with Gasteiger partial charge in [-0.3, -0.25) is 4.79 Å². The highest BCUT2D eigenvalue weighted by Crippen LogP contribution is 2.20. The average Bonchev–Trinajstić information content (AvgIpc) is 2.56. The number of thiazole rings is 1. The van der Waals surface area contributed by atoms with Gasteiger partial charge in [0.15, 0.2) is 9.74 Å². The Morgan fingerprint density at radius 3 is 2.35 bits per heavy atom. The van der Waals surface area contributed by atoms with Crippen molar-refractivity contribution in [3.8, 4) is 0 Å². The van der Waals surface area contributed by atoms with Gasteiger partial charge in [-0.15, -0.1) is 0 Å². The summed E-state index contributed by atoms with van der Waals surface area (Å²) in [6.07, 6.45) is 0. The van der Waals surface area contributed by atoms with E-state index in [0.29, 0.717) is 0 Å². The predicted molar refractivity (Wildman–Crippen MR) is 73.3 cm³/mol. The molecule has 1 aliphatic rings. The highest BCUT2D eigenvalue weighted by molar-refractivity contribution is 7.73. The minimum Gasteiger partial charge on any atom is -0.308 e. The molecule has 0 spiro atoms. The Labute approximate surface area is 110 Å². The molecule has 4 nitrogen and oxygen atoms in total. The molecule has 1 saturated heterocycles. The molecule has 1 aromatic rings. The fraction of sp³-hybridized carbons (Fsp3) is 0.636. The van der Waals surface area contributed by atoms with Crippen molar-refractivity contribution in [3.63, 3.8) is 0 Å². The van der Waals surface area contributed by atoms with E-state index in [1.807, 2.05) is 11.6 Å². The molecule has 0 atom stereocenters. The molecule has 1 fully saturated rings. The van der Waals surface area contributed by atoms with E-state index in [9.17, 15) is 4.79 Å². The molecule has 2 heterocycles. The van der Waals surface area contributed by atoms with E-state index in [2.05, 4.69) is 17.0 Å². The molecular formula is C11H17N3OS2. The molecule has 0 aliphatic carbocycles. The Balaban J connectivity index is 2.33. The molecule has 94 valence electrons. The number of piperazine rings is 1. The number of nitrogens with zero attached hydrogens (tertiary/aromatic N) is 3. The Hall–Kier alpha value is -0.720. The summed E-state index contributed by atoms with van der Waals surface area (Å²) in [6.45, 7) is 7.56. The molecule has 0 bridgehead atoms. The minimum atomic E-state index is 0.103. The number of carbonyl (C=O) groups excluding carboxylic acids is 1. The maximum Gasteiger partial charge on any atom is 0.180 e. The third kappa shape index (κ3) is 2.43. The number of hydrogen-bond acceptors (Lipinski definition) is 5. The van der Waals surface area contributed by atoms with Crippen LogP contribution in [0.3, 0.4) is 0 Å². The topological polar surface area (TPSA) is 28.5 Å². The van der Waals surface area contributed by atoms with Gasteiger partial charge in [0.05, 0.1) is 10.6 Å². The first-order chi connectivity index (χ1) is 8.00. The van der Waals surface area contributed by atoms with E-state index >= 15 is 0 Å². The number of aromatic nitrogens is 1. The van der Waals surface area contributed by atoms with Crippen LogP contribution in [0.5, 0.6) is 0 Å². The average molecular weight is 271 g/mol. The highest BCUT2D eigenvalue weighted by atomic mass is 32.1. The molecule has 17 heavy (non-hydrogen) atoms. The number of likely N-dealkylation sites (N-methyl/N-ethyl adjacent to an activating group) is 1. The molecule has 0 radical (unpaired) electrons. The lowest BCUT2D eigenvalue weighted by atomic mass is 10.3. The van der Waals surface area contributed by atoms with Crippen molar-refractivity contribution in [2.75, 3.05) is 38.2 Å². The van der Waals surface area contributed by atoms with Crippen LogP contribution in [0.15, 0.2) is 0 Å². The Morgan fingerprint density at radius 1 is 1.29 bits per heavy atom. The first kappa shape index (κ1) is 12.7. The van der Waals surface area contributed by atoms with Gasteiger partial charge in [-0.25, -0.2) is 4.68 Å². The molecule has 0 saturated carbocycles. The smallest absolute Gasteiger partial charge is 0.180 e. The second kappa shape index (κ2) is 4.88. The van der Waals surface area contributed by atoms with E-state index in [-0.39, 0.29) is 5.78 Å². The standard InChI is InChI=1S/C11H17N3OS2/c1-8-10(9(2)15)17-11(16)14(8)13-6-4-12(3)5-7-13/h4-7H2,1-3H3. The van der Waals surface area contributed by atoms with Crippen molar-refractivity contribution < 1.29 is 4.79 Å². The highest BCUT2D eigenvalue weighted by Gasteiger charge is 2.20. The predicted octanol–water partition coefficient (Wildman–Crippen LogP) is 1.67. The molecule has 1 aliphatic heterocycles. The lowest BCUT2D eigenvalue weighted by molar-refractivity contribution is 0.102. The van der Waals surface area contributed by atoms with Crippen molar-refractivity contribution in [3.05, 3.63) is 14.5 Å². The summed E-state index contributed by atoms with van der Waals surface area (Å²) in [4.78, 5) is 14.6. The van der Waals surface area contributed by atoms with Crippen LogP contribution in [-0.2, 0) is 0 Å². The number of carbonyl (C=O) groups is 1. The SMILES string of the molecule is CC(=O)c1sc(=S)n(N2CCN(C)CC2)c1C. The van der Waals surface area contributed by atoms with E-state index in [1.165, 1.54) is 11.3 Å². The maximum atomic E-state index is 11.5. The summed E-state index contributed by atoms with van der Waals surface area (Å²) in [5.41, 5.74) is 0.983. The maximum absolute atomic E-state index is 11.5. The Kier molecular flexibility index (Phi) is 3.65. The van der Waals surface area contributed by atoms with Crippen LogP contribution in [0.25, 0.3) is 0 Å².